The first-order valence-corrected chi connectivity index (χ1v) is 12.6. The predicted octanol–water partition coefficient (Wildman–Crippen LogP) is 5.62. The molecule has 3 aromatic rings. The molecule has 0 amide bonds. The highest BCUT2D eigenvalue weighted by atomic mass is 19.4. The van der Waals surface area contributed by atoms with Crippen LogP contribution < -0.4 is 5.32 Å². The summed E-state index contributed by atoms with van der Waals surface area (Å²) in [6.07, 6.45) is -3.33. The highest BCUT2D eigenvalue weighted by molar-refractivity contribution is 5.91. The normalized spacial score (nSPS) is 15.1. The van der Waals surface area contributed by atoms with Gasteiger partial charge in [-0.1, -0.05) is 36.4 Å². The number of hydrogen-bond donors (Lipinski definition) is 2. The van der Waals surface area contributed by atoms with E-state index >= 15 is 0 Å². The zero-order valence-electron chi connectivity index (χ0n) is 21.5. The van der Waals surface area contributed by atoms with Crippen LogP contribution in [0.3, 0.4) is 0 Å². The van der Waals surface area contributed by atoms with Crippen LogP contribution in [0.4, 0.5) is 13.2 Å². The molecule has 1 heterocycles. The smallest absolute Gasteiger partial charge is 0.416 e. The number of methoxy groups -OCH3 is 1. The summed E-state index contributed by atoms with van der Waals surface area (Å²) in [6, 6.07) is 17.9. The van der Waals surface area contributed by atoms with Crippen molar-refractivity contribution in [1.29, 1.82) is 0 Å². The van der Waals surface area contributed by atoms with E-state index in [1.807, 2.05) is 18.2 Å². The topological polar surface area (TPSA) is 84.9 Å². The number of nitrogens with one attached hydrogen (secondary N) is 1. The van der Waals surface area contributed by atoms with Crippen molar-refractivity contribution in [3.63, 3.8) is 0 Å². The lowest BCUT2D eigenvalue weighted by Gasteiger charge is -2.38. The molecule has 1 aliphatic rings. The van der Waals surface area contributed by atoms with E-state index in [0.717, 1.165) is 43.6 Å². The number of carbonyl (C=O) groups is 2. The van der Waals surface area contributed by atoms with Crippen LogP contribution in [0.1, 0.15) is 45.5 Å². The van der Waals surface area contributed by atoms with Crippen molar-refractivity contribution in [3.8, 4) is 11.1 Å². The van der Waals surface area contributed by atoms with Crippen LogP contribution >= 0.6 is 0 Å². The molecular formula is C30H30F3NO5. The molecule has 3 aromatic carbocycles. The number of aliphatic carboxylic acids is 1. The van der Waals surface area contributed by atoms with E-state index in [1.165, 1.54) is 25.3 Å². The van der Waals surface area contributed by atoms with E-state index in [4.69, 9.17) is 9.47 Å². The molecule has 6 nitrogen and oxygen atoms in total. The third-order valence-electron chi connectivity index (χ3n) is 7.02. The van der Waals surface area contributed by atoms with E-state index in [2.05, 4.69) is 17.4 Å². The van der Waals surface area contributed by atoms with Crippen LogP contribution in [0.15, 0.2) is 66.7 Å². The molecule has 39 heavy (non-hydrogen) atoms. The van der Waals surface area contributed by atoms with Crippen LogP contribution in [0.5, 0.6) is 0 Å². The number of halogens is 3. The fourth-order valence-electron chi connectivity index (χ4n) is 5.05. The minimum atomic E-state index is -4.62. The minimum Gasteiger partial charge on any atom is -0.481 e. The summed E-state index contributed by atoms with van der Waals surface area (Å²) in [5.41, 5.74) is 1.16. The molecule has 0 aliphatic carbocycles. The maximum atomic E-state index is 13.9. The van der Waals surface area contributed by atoms with Gasteiger partial charge in [-0.3, -0.25) is 4.79 Å². The maximum Gasteiger partial charge on any atom is 0.416 e. The van der Waals surface area contributed by atoms with Gasteiger partial charge in [0.15, 0.2) is 0 Å². The van der Waals surface area contributed by atoms with Gasteiger partial charge in [-0.2, -0.15) is 13.2 Å². The Balaban J connectivity index is 1.66. The van der Waals surface area contributed by atoms with Gasteiger partial charge in [-0.25, -0.2) is 4.79 Å². The van der Waals surface area contributed by atoms with Gasteiger partial charge >= 0.3 is 18.1 Å². The molecule has 0 atom stereocenters. The lowest BCUT2D eigenvalue weighted by atomic mass is 9.74. The number of piperidine rings is 1. The molecule has 0 unspecified atom stereocenters. The molecule has 9 heteroatoms. The Morgan fingerprint density at radius 2 is 1.62 bits per heavy atom. The summed E-state index contributed by atoms with van der Waals surface area (Å²) in [5.74, 6) is -1.85. The Bertz CT molecular complexity index is 1320. The lowest BCUT2D eigenvalue weighted by molar-refractivity contribution is -0.138. The molecule has 0 spiro atoms. The van der Waals surface area contributed by atoms with E-state index in [0.29, 0.717) is 12.2 Å². The highest BCUT2D eigenvalue weighted by Gasteiger charge is 2.35. The maximum absolute atomic E-state index is 13.9. The standard InChI is InChI=1S/C30H30F3NO5/c1-38-28(37)24-12-20(15-27(35)36)11-22(16-24)23-13-21(14-26(17-23)30(31,32)33)18-39-19-29(7-9-34-10-8-29)25-5-3-2-4-6-25/h2-6,11-14,16-17,34H,7-10,15,18-19H2,1H3,(H,35,36). The van der Waals surface area contributed by atoms with Crippen molar-refractivity contribution in [2.45, 2.75) is 37.5 Å². The number of carbonyl (C=O) groups excluding carboxylic acids is 1. The van der Waals surface area contributed by atoms with Gasteiger partial charge < -0.3 is 19.9 Å². The summed E-state index contributed by atoms with van der Waals surface area (Å²) >= 11 is 0. The second kappa shape index (κ2) is 12.0. The van der Waals surface area contributed by atoms with E-state index in [9.17, 15) is 27.9 Å². The zero-order valence-corrected chi connectivity index (χ0v) is 21.5. The molecule has 206 valence electrons. The number of carboxylic acids is 1. The third-order valence-corrected chi connectivity index (χ3v) is 7.02. The quantitative estimate of drug-likeness (QED) is 0.342. The fourth-order valence-corrected chi connectivity index (χ4v) is 5.05. The molecular weight excluding hydrogens is 511 g/mol. The molecule has 0 aromatic heterocycles. The predicted molar refractivity (Wildman–Crippen MR) is 139 cm³/mol. The van der Waals surface area contributed by atoms with Gasteiger partial charge in [-0.15, -0.1) is 0 Å². The summed E-state index contributed by atoms with van der Waals surface area (Å²) < 4.78 is 52.5. The number of rotatable bonds is 9. The van der Waals surface area contributed by atoms with Crippen molar-refractivity contribution in [2.75, 3.05) is 26.8 Å². The van der Waals surface area contributed by atoms with Crippen molar-refractivity contribution in [1.82, 2.24) is 5.32 Å². The summed E-state index contributed by atoms with van der Waals surface area (Å²) in [5, 5.41) is 12.6. The average molecular weight is 542 g/mol. The van der Waals surface area contributed by atoms with Gasteiger partial charge in [0.25, 0.3) is 0 Å². The number of alkyl halides is 3. The lowest BCUT2D eigenvalue weighted by Crippen LogP contribution is -2.43. The van der Waals surface area contributed by atoms with Crippen molar-refractivity contribution in [2.24, 2.45) is 0 Å². The van der Waals surface area contributed by atoms with Crippen LogP contribution in [-0.4, -0.2) is 43.9 Å². The van der Waals surface area contributed by atoms with Crippen molar-refractivity contribution >= 4 is 11.9 Å². The first-order valence-electron chi connectivity index (χ1n) is 12.6. The Morgan fingerprint density at radius 1 is 0.949 bits per heavy atom. The number of hydrogen-bond acceptors (Lipinski definition) is 5. The Morgan fingerprint density at radius 3 is 2.26 bits per heavy atom. The highest BCUT2D eigenvalue weighted by Crippen LogP contribution is 2.36. The minimum absolute atomic E-state index is 0.0440. The van der Waals surface area contributed by atoms with Gasteiger partial charge in [0, 0.05) is 5.41 Å². The Labute approximate surface area is 224 Å². The monoisotopic (exact) mass is 541 g/mol. The number of benzene rings is 3. The van der Waals surface area contributed by atoms with E-state index in [1.54, 1.807) is 6.07 Å². The SMILES string of the molecule is COC(=O)c1cc(CC(=O)O)cc(-c2cc(COCC3(c4ccccc4)CCNCC3)cc(C(F)(F)F)c2)c1. The van der Waals surface area contributed by atoms with Crippen molar-refractivity contribution in [3.05, 3.63) is 94.5 Å². The van der Waals surface area contributed by atoms with Crippen molar-refractivity contribution < 1.29 is 37.3 Å². The van der Waals surface area contributed by atoms with Gasteiger partial charge in [0.1, 0.15) is 0 Å². The molecule has 0 radical (unpaired) electrons. The van der Waals surface area contributed by atoms with Crippen LogP contribution in [0, 0.1) is 0 Å². The molecule has 1 saturated heterocycles. The molecule has 1 fully saturated rings. The number of esters is 1. The molecule has 1 aliphatic heterocycles. The summed E-state index contributed by atoms with van der Waals surface area (Å²) in [7, 11) is 1.18. The number of ether oxygens (including phenoxy) is 2. The van der Waals surface area contributed by atoms with Crippen LogP contribution in [0.2, 0.25) is 0 Å². The van der Waals surface area contributed by atoms with Gasteiger partial charge in [-0.05, 0) is 84.1 Å². The summed E-state index contributed by atoms with van der Waals surface area (Å²) in [6.45, 7) is 1.95. The van der Waals surface area contributed by atoms with Gasteiger partial charge in [0.2, 0.25) is 0 Å². The molecule has 2 N–H and O–H groups in total. The van der Waals surface area contributed by atoms with E-state index < -0.39 is 30.1 Å². The third kappa shape index (κ3) is 7.04. The Hall–Kier alpha value is -3.69. The average Bonchev–Trinajstić information content (AvgIpc) is 2.92. The second-order valence-electron chi connectivity index (χ2n) is 9.79. The molecule has 0 saturated carbocycles. The largest absolute Gasteiger partial charge is 0.481 e. The second-order valence-corrected chi connectivity index (χ2v) is 9.79. The molecule has 4 rings (SSSR count). The van der Waals surface area contributed by atoms with E-state index in [-0.39, 0.29) is 34.3 Å². The number of carboxylic acid groups (broad SMARTS) is 1. The summed E-state index contributed by atoms with van der Waals surface area (Å²) in [4.78, 5) is 23.5. The van der Waals surface area contributed by atoms with Gasteiger partial charge in [0.05, 0.1) is 37.9 Å². The first kappa shape index (κ1) is 28.3. The Kier molecular flexibility index (Phi) is 8.72. The fraction of sp³-hybridized carbons (Fsp3) is 0.333. The van der Waals surface area contributed by atoms with Crippen LogP contribution in [-0.2, 0) is 38.9 Å². The zero-order chi connectivity index (χ0) is 28.0. The molecule has 0 bridgehead atoms. The van der Waals surface area contributed by atoms with Crippen LogP contribution in [0.25, 0.3) is 11.1 Å². The first-order chi connectivity index (χ1) is 18.6.